The van der Waals surface area contributed by atoms with Crippen LogP contribution in [0.4, 0.5) is 13.2 Å². The van der Waals surface area contributed by atoms with Crippen LogP contribution in [-0.4, -0.2) is 63.1 Å². The van der Waals surface area contributed by atoms with Crippen LogP contribution < -0.4 is 10.1 Å². The molecule has 0 unspecified atom stereocenters. The highest BCUT2D eigenvalue weighted by molar-refractivity contribution is 6.06. The summed E-state index contributed by atoms with van der Waals surface area (Å²) < 4.78 is 62.7. The van der Waals surface area contributed by atoms with Gasteiger partial charge >= 0.3 is 24.1 Å². The molecule has 1 aliphatic heterocycles. The Morgan fingerprint density at radius 2 is 1.64 bits per heavy atom. The van der Waals surface area contributed by atoms with Crippen molar-refractivity contribution in [3.05, 3.63) is 42.0 Å². The van der Waals surface area contributed by atoms with E-state index in [4.69, 9.17) is 14.2 Å². The maximum Gasteiger partial charge on any atom is 0.404 e. The molecule has 1 heterocycles. The first-order valence-electron chi connectivity index (χ1n) is 10.2. The van der Waals surface area contributed by atoms with Crippen LogP contribution in [0.5, 0.6) is 5.75 Å². The average Bonchev–Trinajstić information content (AvgIpc) is 3.14. The Morgan fingerprint density at radius 3 is 2.12 bits per heavy atom. The number of carbonyl (C=O) groups is 3. The second-order valence-corrected chi connectivity index (χ2v) is 7.09. The van der Waals surface area contributed by atoms with E-state index in [2.05, 4.69) is 10.1 Å². The number of rotatable bonds is 8. The third kappa shape index (κ3) is 5.13. The topological polar surface area (TPSA) is 100 Å². The molecule has 2 rings (SSSR count). The molecule has 1 aromatic rings. The number of nitrogens with one attached hydrogen (secondary N) is 1. The van der Waals surface area contributed by atoms with Gasteiger partial charge in [-0.15, -0.1) is 0 Å². The summed E-state index contributed by atoms with van der Waals surface area (Å²) in [5.41, 5.74) is -2.51. The number of methoxy groups -OCH3 is 2. The van der Waals surface area contributed by atoms with Crippen molar-refractivity contribution >= 4 is 17.9 Å². The highest BCUT2D eigenvalue weighted by Crippen LogP contribution is 2.51. The first kappa shape index (κ1) is 26.2. The van der Waals surface area contributed by atoms with Gasteiger partial charge in [-0.05, 0) is 25.5 Å². The molecule has 1 N–H and O–H groups in total. The lowest BCUT2D eigenvalue weighted by molar-refractivity contribution is -0.171. The summed E-state index contributed by atoms with van der Waals surface area (Å²) in [6.07, 6.45) is -3.00. The molecule has 1 aromatic carbocycles. The summed E-state index contributed by atoms with van der Waals surface area (Å²) in [6, 6.07) is 3.54. The third-order valence-electron chi connectivity index (χ3n) is 5.32. The molecule has 0 spiro atoms. The lowest BCUT2D eigenvalue weighted by Crippen LogP contribution is -2.62. The maximum atomic E-state index is 14.3. The normalized spacial score (nSPS) is 22.1. The highest BCUT2D eigenvalue weighted by atomic mass is 19.4. The van der Waals surface area contributed by atoms with Crippen LogP contribution in [0.1, 0.15) is 25.3 Å². The quantitative estimate of drug-likeness (QED) is 0.266. The molecular formula is C22H26F3NO7. The van der Waals surface area contributed by atoms with Crippen LogP contribution in [0.3, 0.4) is 0 Å². The van der Waals surface area contributed by atoms with Crippen LogP contribution in [0.25, 0.3) is 0 Å². The van der Waals surface area contributed by atoms with E-state index in [0.29, 0.717) is 0 Å². The average molecular weight is 473 g/mol. The van der Waals surface area contributed by atoms with E-state index in [-0.39, 0.29) is 24.5 Å². The van der Waals surface area contributed by atoms with Crippen LogP contribution in [-0.2, 0) is 28.6 Å². The van der Waals surface area contributed by atoms with Crippen LogP contribution in [0.2, 0.25) is 0 Å². The van der Waals surface area contributed by atoms with Crippen molar-refractivity contribution in [2.75, 3.05) is 27.4 Å². The largest absolute Gasteiger partial charge is 0.496 e. The number of carbonyl (C=O) groups excluding carboxylic acids is 3. The minimum Gasteiger partial charge on any atom is -0.496 e. The van der Waals surface area contributed by atoms with E-state index in [0.717, 1.165) is 19.3 Å². The Balaban J connectivity index is 2.87. The van der Waals surface area contributed by atoms with Gasteiger partial charge in [0.05, 0.1) is 27.4 Å². The molecule has 1 saturated heterocycles. The van der Waals surface area contributed by atoms with Gasteiger partial charge in [0.25, 0.3) is 0 Å². The molecule has 1 aliphatic rings. The molecule has 11 heteroatoms. The van der Waals surface area contributed by atoms with Crippen LogP contribution in [0, 0.1) is 5.92 Å². The molecule has 0 bridgehead atoms. The van der Waals surface area contributed by atoms with Crippen molar-refractivity contribution in [2.24, 2.45) is 5.92 Å². The number of halogens is 3. The summed E-state index contributed by atoms with van der Waals surface area (Å²) in [6.45, 7) is 2.49. The fourth-order valence-corrected chi connectivity index (χ4v) is 3.99. The number of hydrogen-bond donors (Lipinski definition) is 1. The van der Waals surface area contributed by atoms with E-state index < -0.39 is 47.5 Å². The standard InChI is InChI=1S/C22H26F3NO7/c1-5-32-19(28)21(20(29)33-6-2)14(11-12-16(27)31-4)17(18(26-21)22(23,24)25)13-9-7-8-10-15(13)30-3/h7-12,14,17-18,26H,5-6H2,1-4H3/b12-11+/t14-,17-,18-/m1/s1. The SMILES string of the molecule is CCOC(=O)C1(C(=O)OCC)N[C@@H](C(F)(F)F)[C@H](c2ccccc2OC)[C@H]1/C=C/C(=O)OC. The zero-order chi connectivity index (χ0) is 24.8. The van der Waals surface area contributed by atoms with Gasteiger partial charge < -0.3 is 18.9 Å². The van der Waals surface area contributed by atoms with Crippen molar-refractivity contribution in [3.8, 4) is 5.75 Å². The van der Waals surface area contributed by atoms with Crippen LogP contribution in [0.15, 0.2) is 36.4 Å². The molecule has 0 aliphatic carbocycles. The monoisotopic (exact) mass is 473 g/mol. The smallest absolute Gasteiger partial charge is 0.404 e. The molecule has 0 amide bonds. The van der Waals surface area contributed by atoms with Gasteiger partial charge in [0.15, 0.2) is 0 Å². The van der Waals surface area contributed by atoms with Gasteiger partial charge in [-0.25, -0.2) is 14.4 Å². The van der Waals surface area contributed by atoms with Gasteiger partial charge in [-0.2, -0.15) is 13.2 Å². The summed E-state index contributed by atoms with van der Waals surface area (Å²) >= 11 is 0. The highest BCUT2D eigenvalue weighted by Gasteiger charge is 2.69. The van der Waals surface area contributed by atoms with Crippen molar-refractivity contribution in [3.63, 3.8) is 0 Å². The number of esters is 3. The molecule has 3 atom stereocenters. The number of ether oxygens (including phenoxy) is 4. The lowest BCUT2D eigenvalue weighted by atomic mass is 9.74. The first-order chi connectivity index (χ1) is 15.6. The molecule has 8 nitrogen and oxygen atoms in total. The van der Waals surface area contributed by atoms with E-state index >= 15 is 0 Å². The summed E-state index contributed by atoms with van der Waals surface area (Å²) in [5, 5.41) is 2.17. The number of alkyl halides is 3. The zero-order valence-electron chi connectivity index (χ0n) is 18.6. The fraction of sp³-hybridized carbons (Fsp3) is 0.500. The van der Waals surface area contributed by atoms with E-state index in [9.17, 15) is 27.6 Å². The molecule has 33 heavy (non-hydrogen) atoms. The van der Waals surface area contributed by atoms with Crippen molar-refractivity contribution in [1.82, 2.24) is 5.32 Å². The Morgan fingerprint density at radius 1 is 1.06 bits per heavy atom. The van der Waals surface area contributed by atoms with Gasteiger partial charge in [-0.3, -0.25) is 5.32 Å². The summed E-state index contributed by atoms with van der Waals surface area (Å²) in [5.74, 6) is -6.39. The van der Waals surface area contributed by atoms with Gasteiger partial charge in [0.2, 0.25) is 5.54 Å². The van der Waals surface area contributed by atoms with Crippen molar-refractivity contribution in [2.45, 2.75) is 37.5 Å². The Kier molecular flexibility index (Phi) is 8.48. The van der Waals surface area contributed by atoms with Gasteiger partial charge in [-0.1, -0.05) is 24.3 Å². The van der Waals surface area contributed by atoms with Gasteiger partial charge in [0, 0.05) is 17.9 Å². The van der Waals surface area contributed by atoms with E-state index in [1.54, 1.807) is 6.07 Å². The Bertz CT molecular complexity index is 882. The minimum atomic E-state index is -4.90. The van der Waals surface area contributed by atoms with Crippen LogP contribution >= 0.6 is 0 Å². The van der Waals surface area contributed by atoms with Crippen molar-refractivity contribution < 1.29 is 46.5 Å². The summed E-state index contributed by atoms with van der Waals surface area (Å²) in [4.78, 5) is 38.0. The second kappa shape index (κ2) is 10.7. The van der Waals surface area contributed by atoms with E-state index in [1.807, 2.05) is 0 Å². The predicted molar refractivity (Wildman–Crippen MR) is 109 cm³/mol. The molecule has 1 fully saturated rings. The Hall–Kier alpha value is -3.08. The molecule has 0 radical (unpaired) electrons. The predicted octanol–water partition coefficient (Wildman–Crippen LogP) is 2.52. The number of para-hydroxylation sites is 1. The number of benzene rings is 1. The zero-order valence-corrected chi connectivity index (χ0v) is 18.6. The molecule has 182 valence electrons. The maximum absolute atomic E-state index is 14.3. The third-order valence-corrected chi connectivity index (χ3v) is 5.32. The first-order valence-corrected chi connectivity index (χ1v) is 10.2. The van der Waals surface area contributed by atoms with Crippen molar-refractivity contribution in [1.29, 1.82) is 0 Å². The number of hydrogen-bond acceptors (Lipinski definition) is 8. The molecule has 0 saturated carbocycles. The molecule has 0 aromatic heterocycles. The second-order valence-electron chi connectivity index (χ2n) is 7.09. The Labute approximate surface area is 189 Å². The fourth-order valence-electron chi connectivity index (χ4n) is 3.99. The van der Waals surface area contributed by atoms with E-state index in [1.165, 1.54) is 39.2 Å². The molecular weight excluding hydrogens is 447 g/mol. The minimum absolute atomic E-state index is 0.0739. The van der Waals surface area contributed by atoms with Gasteiger partial charge in [0.1, 0.15) is 11.8 Å². The summed E-state index contributed by atoms with van der Waals surface area (Å²) in [7, 11) is 2.37. The lowest BCUT2D eigenvalue weighted by Gasteiger charge is -2.31.